The molecule has 0 saturated carbocycles. The highest BCUT2D eigenvalue weighted by Gasteiger charge is 2.67. The third kappa shape index (κ3) is 6.44. The molecule has 0 bridgehead atoms. The van der Waals surface area contributed by atoms with Gasteiger partial charge in [-0.05, 0) is 42.2 Å². The Labute approximate surface area is 191 Å². The van der Waals surface area contributed by atoms with Crippen molar-refractivity contribution in [3.05, 3.63) is 59.1 Å². The van der Waals surface area contributed by atoms with Crippen molar-refractivity contribution < 1.29 is 41.8 Å². The maximum absolute atomic E-state index is 13.8. The molecule has 0 saturated heterocycles. The fourth-order valence-corrected chi connectivity index (χ4v) is 3.12. The molecule has 11 heteroatoms. The van der Waals surface area contributed by atoms with Crippen LogP contribution in [-0.4, -0.2) is 47.4 Å². The molecule has 1 atom stereocenters. The fourth-order valence-electron chi connectivity index (χ4n) is 2.93. The van der Waals surface area contributed by atoms with E-state index >= 15 is 0 Å². The third-order valence-corrected chi connectivity index (χ3v) is 4.83. The number of hydrogen-bond acceptors (Lipinski definition) is 4. The molecule has 0 fully saturated rings. The second-order valence-electron chi connectivity index (χ2n) is 7.04. The number of halogens is 5. The number of nitrogens with one attached hydrogen (secondary N) is 1. The number of benzene rings is 2. The Kier molecular flexibility index (Phi) is 8.43. The van der Waals surface area contributed by atoms with Gasteiger partial charge in [0.1, 0.15) is 0 Å². The zero-order chi connectivity index (χ0) is 24.8. The van der Waals surface area contributed by atoms with E-state index in [9.17, 15) is 31.9 Å². The molecule has 1 unspecified atom stereocenters. The van der Waals surface area contributed by atoms with Gasteiger partial charge in [-0.3, -0.25) is 9.59 Å². The first kappa shape index (κ1) is 26.1. The molecule has 0 aliphatic carbocycles. The average Bonchev–Trinajstić information content (AvgIpc) is 2.74. The van der Waals surface area contributed by atoms with Gasteiger partial charge in [-0.1, -0.05) is 48.0 Å². The van der Waals surface area contributed by atoms with E-state index in [0.29, 0.717) is 10.6 Å². The van der Waals surface area contributed by atoms with Crippen LogP contribution >= 0.6 is 11.6 Å². The quantitative estimate of drug-likeness (QED) is 0.382. The first-order valence-corrected chi connectivity index (χ1v) is 10.1. The van der Waals surface area contributed by atoms with E-state index in [1.807, 2.05) is 6.07 Å². The maximum Gasteiger partial charge on any atom is 0.413 e. The number of esters is 1. The summed E-state index contributed by atoms with van der Waals surface area (Å²) in [6.45, 7) is 1.47. The van der Waals surface area contributed by atoms with E-state index in [2.05, 4.69) is 0 Å². The summed E-state index contributed by atoms with van der Waals surface area (Å²) in [6, 6.07) is 12.2. The first-order chi connectivity index (χ1) is 15.4. The Bertz CT molecular complexity index is 1010. The van der Waals surface area contributed by atoms with Gasteiger partial charge in [0, 0.05) is 11.1 Å². The number of alkyl halides is 4. The van der Waals surface area contributed by atoms with E-state index in [4.69, 9.17) is 21.4 Å². The molecule has 0 aromatic heterocycles. The van der Waals surface area contributed by atoms with Crippen molar-refractivity contribution in [1.82, 2.24) is 5.32 Å². The number of aliphatic carboxylic acids is 1. The summed E-state index contributed by atoms with van der Waals surface area (Å²) in [4.78, 5) is 34.2. The molecule has 2 rings (SSSR count). The summed E-state index contributed by atoms with van der Waals surface area (Å²) in [5, 5.41) is 10.5. The highest BCUT2D eigenvalue weighted by Crippen LogP contribution is 2.35. The number of ether oxygens (including phenoxy) is 1. The number of hydrogen-bond donors (Lipinski definition) is 2. The van der Waals surface area contributed by atoms with Crippen LogP contribution in [0.4, 0.5) is 17.6 Å². The second-order valence-corrected chi connectivity index (χ2v) is 7.48. The van der Waals surface area contributed by atoms with Crippen LogP contribution in [0.2, 0.25) is 5.02 Å². The van der Waals surface area contributed by atoms with Crippen molar-refractivity contribution in [3.8, 4) is 11.1 Å². The fraction of sp³-hybridized carbons (Fsp3) is 0.318. The largest absolute Gasteiger partial charge is 0.477 e. The Morgan fingerprint density at radius 2 is 1.67 bits per heavy atom. The number of carbonyl (C=O) groups is 3. The number of amides is 1. The van der Waals surface area contributed by atoms with Crippen molar-refractivity contribution in [3.63, 3.8) is 0 Å². The smallest absolute Gasteiger partial charge is 0.413 e. The first-order valence-electron chi connectivity index (χ1n) is 9.69. The number of carbonyl (C=O) groups excluding carboxylic acids is 2. The molecule has 33 heavy (non-hydrogen) atoms. The molecule has 0 spiro atoms. The molecule has 0 aliphatic rings. The molecule has 0 radical (unpaired) electrons. The van der Waals surface area contributed by atoms with Gasteiger partial charge in [-0.25, -0.2) is 4.79 Å². The van der Waals surface area contributed by atoms with Crippen molar-refractivity contribution in [2.75, 3.05) is 6.61 Å². The minimum Gasteiger partial charge on any atom is -0.477 e. The molecule has 0 aliphatic heterocycles. The van der Waals surface area contributed by atoms with Gasteiger partial charge in [0.2, 0.25) is 0 Å². The lowest BCUT2D eigenvalue weighted by Crippen LogP contribution is -2.58. The predicted octanol–water partition coefficient (Wildman–Crippen LogP) is 4.34. The summed E-state index contributed by atoms with van der Waals surface area (Å²) in [6.07, 6.45) is -0.778. The molecule has 0 heterocycles. The van der Waals surface area contributed by atoms with Gasteiger partial charge in [0.25, 0.3) is 5.91 Å². The summed E-state index contributed by atoms with van der Waals surface area (Å²) in [7, 11) is 0. The number of carboxylic acid groups (broad SMARTS) is 1. The lowest BCUT2D eigenvalue weighted by atomic mass is 9.99. The van der Waals surface area contributed by atoms with E-state index in [1.165, 1.54) is 6.92 Å². The molecular weight excluding hydrogens is 470 g/mol. The SMILES string of the molecule is CCOC(=O)CC(Cc1ccc(-c2cccc(Cl)c2)cc1)NC(=O)C(F)(F)C(F)(F)C(=O)O. The van der Waals surface area contributed by atoms with Crippen LogP contribution in [0.25, 0.3) is 11.1 Å². The Hall–Kier alpha value is -3.14. The van der Waals surface area contributed by atoms with Gasteiger partial charge in [-0.15, -0.1) is 0 Å². The van der Waals surface area contributed by atoms with Crippen LogP contribution in [0.1, 0.15) is 18.9 Å². The average molecular weight is 490 g/mol. The van der Waals surface area contributed by atoms with Gasteiger partial charge < -0.3 is 15.2 Å². The van der Waals surface area contributed by atoms with Crippen LogP contribution in [0.15, 0.2) is 48.5 Å². The highest BCUT2D eigenvalue weighted by atomic mass is 35.5. The predicted molar refractivity (Wildman–Crippen MR) is 111 cm³/mol. The van der Waals surface area contributed by atoms with Gasteiger partial charge in [0.05, 0.1) is 13.0 Å². The summed E-state index contributed by atoms with van der Waals surface area (Å²) >= 11 is 5.97. The van der Waals surface area contributed by atoms with E-state index in [-0.39, 0.29) is 13.0 Å². The molecule has 2 aromatic carbocycles. The normalized spacial score (nSPS) is 12.7. The van der Waals surface area contributed by atoms with Crippen molar-refractivity contribution >= 4 is 29.4 Å². The van der Waals surface area contributed by atoms with Gasteiger partial charge in [-0.2, -0.15) is 17.6 Å². The molecular formula is C22H20ClF4NO5. The van der Waals surface area contributed by atoms with Crippen molar-refractivity contribution in [2.24, 2.45) is 0 Å². The molecule has 2 aromatic rings. The van der Waals surface area contributed by atoms with E-state index in [0.717, 1.165) is 11.1 Å². The highest BCUT2D eigenvalue weighted by molar-refractivity contribution is 6.30. The lowest BCUT2D eigenvalue weighted by molar-refractivity contribution is -0.222. The summed E-state index contributed by atoms with van der Waals surface area (Å²) in [5.41, 5.74) is 2.07. The van der Waals surface area contributed by atoms with Crippen LogP contribution in [0.5, 0.6) is 0 Å². The van der Waals surface area contributed by atoms with Gasteiger partial charge >= 0.3 is 23.8 Å². The van der Waals surface area contributed by atoms with Crippen LogP contribution in [0.3, 0.4) is 0 Å². The van der Waals surface area contributed by atoms with Gasteiger partial charge in [0.15, 0.2) is 0 Å². The molecule has 6 nitrogen and oxygen atoms in total. The van der Waals surface area contributed by atoms with Crippen LogP contribution < -0.4 is 5.32 Å². The van der Waals surface area contributed by atoms with Crippen LogP contribution in [0, 0.1) is 0 Å². The molecule has 1 amide bonds. The standard InChI is InChI=1S/C22H20ClF4NO5/c1-2-33-18(29)12-17(28-19(30)21(24,25)22(26,27)20(31)32)10-13-6-8-14(9-7-13)15-4-3-5-16(23)11-15/h3-9,11,17H,2,10,12H2,1H3,(H,28,30)(H,31,32). The second kappa shape index (κ2) is 10.7. The zero-order valence-electron chi connectivity index (χ0n) is 17.3. The minimum absolute atomic E-state index is 0.0267. The van der Waals surface area contributed by atoms with E-state index in [1.54, 1.807) is 47.8 Å². The molecule has 2 N–H and O–H groups in total. The minimum atomic E-state index is -5.63. The number of carboxylic acids is 1. The summed E-state index contributed by atoms with van der Waals surface area (Å²) < 4.78 is 59.1. The van der Waals surface area contributed by atoms with E-state index < -0.39 is 42.2 Å². The Balaban J connectivity index is 2.22. The molecule has 178 valence electrons. The number of rotatable bonds is 10. The zero-order valence-corrected chi connectivity index (χ0v) is 18.0. The topological polar surface area (TPSA) is 92.7 Å². The maximum atomic E-state index is 13.8. The Morgan fingerprint density at radius 3 is 2.21 bits per heavy atom. The lowest BCUT2D eigenvalue weighted by Gasteiger charge is -2.25. The van der Waals surface area contributed by atoms with Crippen molar-refractivity contribution in [2.45, 2.75) is 37.7 Å². The Morgan fingerprint density at radius 1 is 1.03 bits per heavy atom. The van der Waals surface area contributed by atoms with Crippen LogP contribution in [-0.2, 0) is 25.5 Å². The van der Waals surface area contributed by atoms with Crippen molar-refractivity contribution in [1.29, 1.82) is 0 Å². The third-order valence-electron chi connectivity index (χ3n) is 4.60. The summed E-state index contributed by atoms with van der Waals surface area (Å²) in [5.74, 6) is -17.7. The monoisotopic (exact) mass is 489 g/mol.